The Morgan fingerprint density at radius 3 is 3.05 bits per heavy atom. The number of aromatic amines is 1. The summed E-state index contributed by atoms with van der Waals surface area (Å²) in [5.74, 6) is 0.406. The Morgan fingerprint density at radius 2 is 2.32 bits per heavy atom. The van der Waals surface area contributed by atoms with Crippen LogP contribution < -0.4 is 10.9 Å². The predicted octanol–water partition coefficient (Wildman–Crippen LogP) is 1.72. The highest BCUT2D eigenvalue weighted by Crippen LogP contribution is 2.16. The van der Waals surface area contributed by atoms with Crippen molar-refractivity contribution in [2.45, 2.75) is 13.5 Å². The highest BCUT2D eigenvalue weighted by atomic mass is 32.1. The maximum absolute atomic E-state index is 12.0. The van der Waals surface area contributed by atoms with Crippen molar-refractivity contribution in [3.05, 3.63) is 56.5 Å². The van der Waals surface area contributed by atoms with Crippen molar-refractivity contribution in [3.63, 3.8) is 0 Å². The zero-order chi connectivity index (χ0) is 15.5. The second-order valence-corrected chi connectivity index (χ2v) is 5.48. The van der Waals surface area contributed by atoms with Crippen molar-refractivity contribution < 1.29 is 9.32 Å². The third kappa shape index (κ3) is 2.96. The van der Waals surface area contributed by atoms with Gasteiger partial charge in [0, 0.05) is 17.8 Å². The molecule has 8 heteroatoms. The fourth-order valence-corrected chi connectivity index (χ4v) is 2.71. The molecule has 0 saturated carbocycles. The topological polar surface area (TPSA) is 101 Å². The quantitative estimate of drug-likeness (QED) is 0.763. The summed E-state index contributed by atoms with van der Waals surface area (Å²) in [6, 6.07) is 4.93. The number of hydrogen-bond acceptors (Lipinski definition) is 6. The second-order valence-electron chi connectivity index (χ2n) is 4.57. The van der Waals surface area contributed by atoms with Crippen LogP contribution in [0.15, 0.2) is 39.1 Å². The number of aromatic nitrogens is 3. The van der Waals surface area contributed by atoms with E-state index in [2.05, 4.69) is 20.4 Å². The maximum Gasteiger partial charge on any atom is 0.262 e. The van der Waals surface area contributed by atoms with Gasteiger partial charge in [0.15, 0.2) is 0 Å². The SMILES string of the molecule is Cc1ccsc1C(=O)NCc1nc(-c2cc[nH]c(=O)c2)no1. The fraction of sp³-hybridized carbons (Fsp3) is 0.143. The number of pyridine rings is 1. The van der Waals surface area contributed by atoms with E-state index in [1.54, 1.807) is 6.07 Å². The molecular formula is C14H12N4O3S. The number of rotatable bonds is 4. The molecule has 7 nitrogen and oxygen atoms in total. The largest absolute Gasteiger partial charge is 0.342 e. The van der Waals surface area contributed by atoms with Gasteiger partial charge in [-0.1, -0.05) is 5.16 Å². The van der Waals surface area contributed by atoms with Crippen LogP contribution in [0.4, 0.5) is 0 Å². The van der Waals surface area contributed by atoms with E-state index in [4.69, 9.17) is 4.52 Å². The maximum atomic E-state index is 12.0. The average molecular weight is 316 g/mol. The van der Waals surface area contributed by atoms with Crippen LogP contribution in [0.5, 0.6) is 0 Å². The number of amides is 1. The normalized spacial score (nSPS) is 10.6. The first-order valence-electron chi connectivity index (χ1n) is 6.47. The predicted molar refractivity (Wildman–Crippen MR) is 80.6 cm³/mol. The molecule has 0 unspecified atom stereocenters. The van der Waals surface area contributed by atoms with Crippen molar-refractivity contribution in [1.82, 2.24) is 20.4 Å². The van der Waals surface area contributed by atoms with Crippen LogP contribution in [-0.4, -0.2) is 21.0 Å². The molecule has 0 bridgehead atoms. The van der Waals surface area contributed by atoms with Gasteiger partial charge >= 0.3 is 0 Å². The number of nitrogens with one attached hydrogen (secondary N) is 2. The first kappa shape index (κ1) is 14.2. The number of nitrogens with zero attached hydrogens (tertiary/aromatic N) is 2. The number of thiophene rings is 1. The average Bonchev–Trinajstić information content (AvgIpc) is 3.14. The second kappa shape index (κ2) is 5.94. The molecule has 0 saturated heterocycles. The summed E-state index contributed by atoms with van der Waals surface area (Å²) in [4.78, 5) is 30.6. The Morgan fingerprint density at radius 1 is 1.45 bits per heavy atom. The summed E-state index contributed by atoms with van der Waals surface area (Å²) in [5.41, 5.74) is 1.24. The molecule has 0 aromatic carbocycles. The van der Waals surface area contributed by atoms with E-state index in [9.17, 15) is 9.59 Å². The molecule has 0 radical (unpaired) electrons. The van der Waals surface area contributed by atoms with Gasteiger partial charge in [-0.15, -0.1) is 11.3 Å². The minimum Gasteiger partial charge on any atom is -0.342 e. The molecule has 3 rings (SSSR count). The molecule has 22 heavy (non-hydrogen) atoms. The van der Waals surface area contributed by atoms with E-state index in [-0.39, 0.29) is 23.9 Å². The van der Waals surface area contributed by atoms with Gasteiger partial charge in [-0.05, 0) is 30.0 Å². The third-order valence-electron chi connectivity index (χ3n) is 2.97. The van der Waals surface area contributed by atoms with Crippen molar-refractivity contribution in [2.75, 3.05) is 0 Å². The molecule has 3 heterocycles. The summed E-state index contributed by atoms with van der Waals surface area (Å²) in [7, 11) is 0. The van der Waals surface area contributed by atoms with Gasteiger partial charge in [0.2, 0.25) is 17.3 Å². The van der Waals surface area contributed by atoms with Gasteiger partial charge in [-0.2, -0.15) is 4.98 Å². The lowest BCUT2D eigenvalue weighted by atomic mass is 10.2. The molecular weight excluding hydrogens is 304 g/mol. The number of hydrogen-bond donors (Lipinski definition) is 2. The van der Waals surface area contributed by atoms with Gasteiger partial charge in [0.05, 0.1) is 11.4 Å². The smallest absolute Gasteiger partial charge is 0.262 e. The van der Waals surface area contributed by atoms with Crippen LogP contribution >= 0.6 is 11.3 Å². The molecule has 0 atom stereocenters. The molecule has 1 amide bonds. The molecule has 3 aromatic heterocycles. The number of carbonyl (C=O) groups is 1. The monoisotopic (exact) mass is 316 g/mol. The van der Waals surface area contributed by atoms with Crippen molar-refractivity contribution >= 4 is 17.2 Å². The molecule has 3 aromatic rings. The molecule has 0 fully saturated rings. The van der Waals surface area contributed by atoms with E-state index >= 15 is 0 Å². The van der Waals surface area contributed by atoms with E-state index < -0.39 is 0 Å². The Labute approximate surface area is 129 Å². The van der Waals surface area contributed by atoms with Gasteiger partial charge < -0.3 is 14.8 Å². The Hall–Kier alpha value is -2.74. The number of aryl methyl sites for hydroxylation is 1. The van der Waals surface area contributed by atoms with Gasteiger partial charge in [0.25, 0.3) is 5.91 Å². The summed E-state index contributed by atoms with van der Waals surface area (Å²) in [6.45, 7) is 2.01. The van der Waals surface area contributed by atoms with E-state index in [1.165, 1.54) is 23.6 Å². The Kier molecular flexibility index (Phi) is 3.84. The molecule has 0 spiro atoms. The Balaban J connectivity index is 1.69. The number of carbonyl (C=O) groups excluding carboxylic acids is 1. The summed E-state index contributed by atoms with van der Waals surface area (Å²) in [5, 5.41) is 8.39. The zero-order valence-corrected chi connectivity index (χ0v) is 12.4. The summed E-state index contributed by atoms with van der Waals surface area (Å²) in [6.07, 6.45) is 1.51. The van der Waals surface area contributed by atoms with Crippen molar-refractivity contribution in [1.29, 1.82) is 0 Å². The van der Waals surface area contributed by atoms with Crippen LogP contribution in [0, 0.1) is 6.92 Å². The standard InChI is InChI=1S/C14H12N4O3S/c1-8-3-5-22-12(8)14(20)16-7-11-17-13(18-21-11)9-2-4-15-10(19)6-9/h2-6H,7H2,1H3,(H,15,19)(H,16,20). The summed E-state index contributed by atoms with van der Waals surface area (Å²) >= 11 is 1.38. The highest BCUT2D eigenvalue weighted by Gasteiger charge is 2.13. The van der Waals surface area contributed by atoms with E-state index in [0.717, 1.165) is 5.56 Å². The molecule has 0 aliphatic carbocycles. The first-order chi connectivity index (χ1) is 10.6. The van der Waals surface area contributed by atoms with Gasteiger partial charge in [0.1, 0.15) is 0 Å². The molecule has 0 aliphatic rings. The fourth-order valence-electron chi connectivity index (χ4n) is 1.87. The third-order valence-corrected chi connectivity index (χ3v) is 3.99. The minimum absolute atomic E-state index is 0.131. The van der Waals surface area contributed by atoms with Gasteiger partial charge in [-0.3, -0.25) is 9.59 Å². The molecule has 112 valence electrons. The highest BCUT2D eigenvalue weighted by molar-refractivity contribution is 7.12. The van der Waals surface area contributed by atoms with Crippen LogP contribution in [0.1, 0.15) is 21.1 Å². The number of H-pyrrole nitrogens is 1. The van der Waals surface area contributed by atoms with Crippen LogP contribution in [0.2, 0.25) is 0 Å². The lowest BCUT2D eigenvalue weighted by molar-refractivity contribution is 0.0950. The van der Waals surface area contributed by atoms with Crippen molar-refractivity contribution in [2.24, 2.45) is 0 Å². The van der Waals surface area contributed by atoms with Crippen LogP contribution in [-0.2, 0) is 6.54 Å². The van der Waals surface area contributed by atoms with Crippen LogP contribution in [0.3, 0.4) is 0 Å². The lowest BCUT2D eigenvalue weighted by Gasteiger charge is -2.00. The zero-order valence-electron chi connectivity index (χ0n) is 11.6. The van der Waals surface area contributed by atoms with Gasteiger partial charge in [-0.25, -0.2) is 0 Å². The molecule has 0 aliphatic heterocycles. The Bertz CT molecular complexity index is 865. The van der Waals surface area contributed by atoms with Crippen molar-refractivity contribution in [3.8, 4) is 11.4 Å². The summed E-state index contributed by atoms with van der Waals surface area (Å²) < 4.78 is 5.07. The lowest BCUT2D eigenvalue weighted by Crippen LogP contribution is -2.22. The molecule has 2 N–H and O–H groups in total. The van der Waals surface area contributed by atoms with Crippen LogP contribution in [0.25, 0.3) is 11.4 Å². The minimum atomic E-state index is -0.245. The van der Waals surface area contributed by atoms with E-state index in [1.807, 2.05) is 18.4 Å². The first-order valence-corrected chi connectivity index (χ1v) is 7.35. The van der Waals surface area contributed by atoms with E-state index in [0.29, 0.717) is 16.3 Å².